The largest absolute Gasteiger partial charge is 0.326 e. The molecule has 2 heteroatoms. The van der Waals surface area contributed by atoms with Gasteiger partial charge in [-0.15, -0.1) is 0 Å². The van der Waals surface area contributed by atoms with Crippen LogP contribution in [0.1, 0.15) is 62.1 Å². The summed E-state index contributed by atoms with van der Waals surface area (Å²) in [5.74, 6) is 0.848. The molecule has 2 N–H and O–H groups in total. The van der Waals surface area contributed by atoms with Gasteiger partial charge >= 0.3 is 0 Å². The summed E-state index contributed by atoms with van der Waals surface area (Å²) in [5, 5.41) is 0. The molecular weight excluding hydrogens is 232 g/mol. The third-order valence-electron chi connectivity index (χ3n) is 4.62. The van der Waals surface area contributed by atoms with Crippen LogP contribution in [0.25, 0.3) is 0 Å². The van der Waals surface area contributed by atoms with Gasteiger partial charge < -0.3 is 5.73 Å². The average Bonchev–Trinajstić information content (AvgIpc) is 3.24. The molecule has 104 valence electrons. The number of likely N-dealkylation sites (tertiary alicyclic amines) is 1. The fraction of sp³-hybridized carbons (Fsp3) is 0.647. The Kier molecular flexibility index (Phi) is 3.90. The van der Waals surface area contributed by atoms with E-state index in [0.717, 1.165) is 12.3 Å². The van der Waals surface area contributed by atoms with Crippen molar-refractivity contribution in [3.8, 4) is 0 Å². The summed E-state index contributed by atoms with van der Waals surface area (Å²) in [7, 11) is 0. The molecule has 2 nitrogen and oxygen atoms in total. The van der Waals surface area contributed by atoms with E-state index in [1.807, 2.05) is 0 Å². The lowest BCUT2D eigenvalue weighted by Crippen LogP contribution is -2.46. The van der Waals surface area contributed by atoms with E-state index in [-0.39, 0.29) is 0 Å². The van der Waals surface area contributed by atoms with Gasteiger partial charge in [0.15, 0.2) is 0 Å². The van der Waals surface area contributed by atoms with Crippen LogP contribution in [0.4, 0.5) is 0 Å². The molecule has 0 spiro atoms. The Labute approximate surface area is 117 Å². The van der Waals surface area contributed by atoms with Crippen LogP contribution in [0.3, 0.4) is 0 Å². The summed E-state index contributed by atoms with van der Waals surface area (Å²) in [4.78, 5) is 2.58. The summed E-state index contributed by atoms with van der Waals surface area (Å²) in [5.41, 5.74) is 9.34. The van der Waals surface area contributed by atoms with Gasteiger partial charge in [-0.25, -0.2) is 0 Å². The highest BCUT2D eigenvalue weighted by Gasteiger charge is 2.30. The van der Waals surface area contributed by atoms with Crippen molar-refractivity contribution in [1.29, 1.82) is 0 Å². The number of piperidine rings is 1. The van der Waals surface area contributed by atoms with Gasteiger partial charge in [0.1, 0.15) is 0 Å². The van der Waals surface area contributed by atoms with Gasteiger partial charge in [-0.3, -0.25) is 4.90 Å². The molecule has 2 unspecified atom stereocenters. The van der Waals surface area contributed by atoms with E-state index < -0.39 is 0 Å². The van der Waals surface area contributed by atoms with Crippen molar-refractivity contribution in [2.75, 3.05) is 13.1 Å². The van der Waals surface area contributed by atoms with Gasteiger partial charge in [0.2, 0.25) is 0 Å². The van der Waals surface area contributed by atoms with Crippen LogP contribution in [0.15, 0.2) is 24.3 Å². The highest BCUT2D eigenvalue weighted by atomic mass is 15.2. The molecule has 1 aromatic carbocycles. The molecule has 1 saturated carbocycles. The summed E-state index contributed by atoms with van der Waals surface area (Å²) >= 11 is 0. The van der Waals surface area contributed by atoms with Crippen molar-refractivity contribution in [3.63, 3.8) is 0 Å². The molecule has 19 heavy (non-hydrogen) atoms. The maximum Gasteiger partial charge on any atom is 0.0499 e. The van der Waals surface area contributed by atoms with Crippen molar-refractivity contribution in [2.24, 2.45) is 5.73 Å². The predicted octanol–water partition coefficient (Wildman–Crippen LogP) is 3.44. The minimum atomic E-state index is 0.298. The number of hydrogen-bond acceptors (Lipinski definition) is 2. The lowest BCUT2D eigenvalue weighted by molar-refractivity contribution is 0.128. The lowest BCUT2D eigenvalue weighted by Gasteiger charge is -2.40. The zero-order valence-electron chi connectivity index (χ0n) is 12.0. The number of nitrogens with zero attached hydrogens (tertiary/aromatic N) is 1. The molecular formula is C17H26N2. The molecule has 1 aliphatic heterocycles. The molecule has 0 radical (unpaired) electrons. The Morgan fingerprint density at radius 2 is 1.79 bits per heavy atom. The van der Waals surface area contributed by atoms with Crippen LogP contribution < -0.4 is 5.73 Å². The van der Waals surface area contributed by atoms with Gasteiger partial charge in [0.25, 0.3) is 0 Å². The van der Waals surface area contributed by atoms with E-state index in [4.69, 9.17) is 5.73 Å². The number of rotatable bonds is 4. The first-order chi connectivity index (χ1) is 9.29. The topological polar surface area (TPSA) is 29.3 Å². The van der Waals surface area contributed by atoms with E-state index in [0.29, 0.717) is 12.1 Å². The first-order valence-electron chi connectivity index (χ1n) is 7.89. The van der Waals surface area contributed by atoms with Gasteiger partial charge in [0.05, 0.1) is 0 Å². The molecule has 0 aromatic heterocycles. The van der Waals surface area contributed by atoms with E-state index in [1.54, 1.807) is 0 Å². The third kappa shape index (κ3) is 2.85. The molecule has 2 fully saturated rings. The van der Waals surface area contributed by atoms with E-state index >= 15 is 0 Å². The molecule has 1 aliphatic carbocycles. The summed E-state index contributed by atoms with van der Waals surface area (Å²) in [6.45, 7) is 4.63. The van der Waals surface area contributed by atoms with Crippen LogP contribution >= 0.6 is 0 Å². The van der Waals surface area contributed by atoms with Crippen LogP contribution in [0.2, 0.25) is 0 Å². The zero-order chi connectivity index (χ0) is 13.2. The highest BCUT2D eigenvalue weighted by molar-refractivity contribution is 5.30. The molecule has 2 aliphatic rings. The zero-order valence-corrected chi connectivity index (χ0v) is 12.0. The second-order valence-electron chi connectivity index (χ2n) is 6.23. The Balaban J connectivity index is 1.79. The lowest BCUT2D eigenvalue weighted by atomic mass is 9.90. The minimum Gasteiger partial charge on any atom is -0.326 e. The quantitative estimate of drug-likeness (QED) is 0.896. The number of benzene rings is 1. The van der Waals surface area contributed by atoms with Crippen molar-refractivity contribution in [1.82, 2.24) is 4.90 Å². The smallest absolute Gasteiger partial charge is 0.0499 e. The molecule has 0 bridgehead atoms. The molecule has 3 rings (SSSR count). The van der Waals surface area contributed by atoms with Crippen LogP contribution in [0.5, 0.6) is 0 Å². The Bertz CT molecular complexity index is 406. The van der Waals surface area contributed by atoms with Crippen LogP contribution in [-0.2, 0) is 0 Å². The molecule has 1 aromatic rings. The Morgan fingerprint density at radius 3 is 2.42 bits per heavy atom. The second kappa shape index (κ2) is 5.64. The standard InChI is InChI=1S/C17H26N2/c1-2-11-19-12-3-4-16(18)17(19)15-9-7-14(8-10-15)13-5-6-13/h7-10,13,16-17H,2-6,11-12,18H2,1H3. The van der Waals surface area contributed by atoms with Gasteiger partial charge in [-0.05, 0) is 62.2 Å². The summed E-state index contributed by atoms with van der Waals surface area (Å²) in [6, 6.07) is 10.0. The first-order valence-corrected chi connectivity index (χ1v) is 7.89. The maximum absolute atomic E-state index is 6.40. The highest BCUT2D eigenvalue weighted by Crippen LogP contribution is 2.40. The third-order valence-corrected chi connectivity index (χ3v) is 4.62. The maximum atomic E-state index is 6.40. The monoisotopic (exact) mass is 258 g/mol. The predicted molar refractivity (Wildman–Crippen MR) is 80.2 cm³/mol. The normalized spacial score (nSPS) is 28.5. The summed E-state index contributed by atoms with van der Waals surface area (Å²) in [6.07, 6.45) is 6.38. The average molecular weight is 258 g/mol. The molecule has 1 saturated heterocycles. The number of hydrogen-bond donors (Lipinski definition) is 1. The van der Waals surface area contributed by atoms with Gasteiger partial charge in [-0.2, -0.15) is 0 Å². The van der Waals surface area contributed by atoms with Gasteiger partial charge in [-0.1, -0.05) is 31.2 Å². The molecule has 2 atom stereocenters. The second-order valence-corrected chi connectivity index (χ2v) is 6.23. The SMILES string of the molecule is CCCN1CCCC(N)C1c1ccc(C2CC2)cc1. The van der Waals surface area contributed by atoms with E-state index in [1.165, 1.54) is 49.9 Å². The van der Waals surface area contributed by atoms with E-state index in [2.05, 4.69) is 36.1 Å². The van der Waals surface area contributed by atoms with Crippen LogP contribution in [-0.4, -0.2) is 24.0 Å². The number of nitrogens with two attached hydrogens (primary N) is 1. The fourth-order valence-electron chi connectivity index (χ4n) is 3.48. The van der Waals surface area contributed by atoms with E-state index in [9.17, 15) is 0 Å². The summed E-state index contributed by atoms with van der Waals surface area (Å²) < 4.78 is 0. The van der Waals surface area contributed by atoms with Crippen molar-refractivity contribution < 1.29 is 0 Å². The van der Waals surface area contributed by atoms with Crippen LogP contribution in [0, 0.1) is 0 Å². The van der Waals surface area contributed by atoms with Crippen molar-refractivity contribution >= 4 is 0 Å². The minimum absolute atomic E-state index is 0.298. The van der Waals surface area contributed by atoms with Crippen molar-refractivity contribution in [2.45, 2.75) is 57.0 Å². The Hall–Kier alpha value is -0.860. The fourth-order valence-corrected chi connectivity index (χ4v) is 3.48. The first kappa shape index (κ1) is 13.1. The molecule has 1 heterocycles. The molecule has 0 amide bonds. The Morgan fingerprint density at radius 1 is 1.11 bits per heavy atom. The van der Waals surface area contributed by atoms with Gasteiger partial charge in [0, 0.05) is 12.1 Å². The van der Waals surface area contributed by atoms with Crippen molar-refractivity contribution in [3.05, 3.63) is 35.4 Å².